The first-order valence-corrected chi connectivity index (χ1v) is 11.7. The zero-order valence-electron chi connectivity index (χ0n) is 22.8. The summed E-state index contributed by atoms with van der Waals surface area (Å²) in [6, 6.07) is 16.1. The summed E-state index contributed by atoms with van der Waals surface area (Å²) in [4.78, 5) is 11.9. The fourth-order valence-corrected chi connectivity index (χ4v) is 3.54. The van der Waals surface area contributed by atoms with Crippen molar-refractivity contribution in [2.45, 2.75) is 25.9 Å². The quantitative estimate of drug-likeness (QED) is 0.262. The molecule has 3 aromatic carbocycles. The molecule has 0 spiro atoms. The molecule has 3 rings (SSSR count). The molecule has 0 heterocycles. The monoisotopic (exact) mass is 528 g/mol. The number of methoxy groups -OCH3 is 6. The molecular weight excluding hydrogens is 492 g/mol. The second kappa shape index (κ2) is 15.5. The topological polar surface area (TPSA) is 102 Å². The zero-order valence-corrected chi connectivity index (χ0v) is 22.8. The highest BCUT2D eigenvalue weighted by Crippen LogP contribution is 2.46. The average molecular weight is 529 g/mol. The van der Waals surface area contributed by atoms with Gasteiger partial charge < -0.3 is 38.3 Å². The third kappa shape index (κ3) is 7.61. The minimum atomic E-state index is -1.20. The van der Waals surface area contributed by atoms with Crippen molar-refractivity contribution in [3.8, 4) is 28.7 Å². The first-order valence-electron chi connectivity index (χ1n) is 11.7. The lowest BCUT2D eigenvalue weighted by Gasteiger charge is -2.22. The van der Waals surface area contributed by atoms with E-state index in [4.69, 9.17) is 23.7 Å². The number of benzene rings is 3. The van der Waals surface area contributed by atoms with E-state index in [9.17, 15) is 9.90 Å². The van der Waals surface area contributed by atoms with Crippen LogP contribution < -0.4 is 23.7 Å². The van der Waals surface area contributed by atoms with E-state index in [0.29, 0.717) is 34.8 Å². The predicted molar refractivity (Wildman–Crippen MR) is 143 cm³/mol. The number of rotatable bonds is 12. The van der Waals surface area contributed by atoms with Crippen LogP contribution in [0.1, 0.15) is 40.1 Å². The molecular formula is C29H36O9. The number of aliphatic hydroxyl groups excluding tert-OH is 1. The Hall–Kier alpha value is -3.79. The minimum Gasteiger partial charge on any atom is -0.493 e. The van der Waals surface area contributed by atoms with Crippen LogP contribution in [0.25, 0.3) is 0 Å². The van der Waals surface area contributed by atoms with Gasteiger partial charge in [0.2, 0.25) is 5.75 Å². The first-order chi connectivity index (χ1) is 18.4. The highest BCUT2D eigenvalue weighted by Gasteiger charge is 2.27. The number of hydrogen-bond acceptors (Lipinski definition) is 9. The van der Waals surface area contributed by atoms with Gasteiger partial charge in [0.05, 0.1) is 28.4 Å². The maximum absolute atomic E-state index is 11.9. The molecule has 0 bridgehead atoms. The summed E-state index contributed by atoms with van der Waals surface area (Å²) >= 11 is 0. The Morgan fingerprint density at radius 2 is 1.39 bits per heavy atom. The van der Waals surface area contributed by atoms with Crippen molar-refractivity contribution >= 4 is 6.29 Å². The number of carbonyl (C=O) groups excluding carboxylic acids is 1. The molecule has 0 saturated carbocycles. The molecule has 0 aromatic heterocycles. The van der Waals surface area contributed by atoms with E-state index < -0.39 is 6.10 Å². The van der Waals surface area contributed by atoms with Crippen LogP contribution in [-0.4, -0.2) is 60.3 Å². The van der Waals surface area contributed by atoms with Gasteiger partial charge in [-0.1, -0.05) is 36.4 Å². The molecule has 206 valence electrons. The van der Waals surface area contributed by atoms with Gasteiger partial charge in [0, 0.05) is 25.3 Å². The fraction of sp³-hybridized carbons (Fsp3) is 0.345. The molecule has 1 atom stereocenters. The smallest absolute Gasteiger partial charge is 0.204 e. The van der Waals surface area contributed by atoms with E-state index in [0.717, 1.165) is 5.56 Å². The summed E-state index contributed by atoms with van der Waals surface area (Å²) in [5.74, 6) is 1.80. The molecule has 1 unspecified atom stereocenters. The summed E-state index contributed by atoms with van der Waals surface area (Å²) < 4.78 is 37.0. The van der Waals surface area contributed by atoms with Gasteiger partial charge in [0.25, 0.3) is 0 Å². The third-order valence-corrected chi connectivity index (χ3v) is 5.71. The number of carbonyl (C=O) groups is 1. The lowest BCUT2D eigenvalue weighted by Crippen LogP contribution is -2.10. The number of ether oxygens (including phenoxy) is 7. The third-order valence-electron chi connectivity index (χ3n) is 5.71. The Kier molecular flexibility index (Phi) is 12.4. The van der Waals surface area contributed by atoms with Crippen molar-refractivity contribution in [1.29, 1.82) is 0 Å². The largest absolute Gasteiger partial charge is 0.493 e. The summed E-state index contributed by atoms with van der Waals surface area (Å²) in [6.45, 7) is 2.08. The lowest BCUT2D eigenvalue weighted by molar-refractivity contribution is -0.0877. The number of aliphatic hydroxyl groups is 1. The van der Waals surface area contributed by atoms with E-state index in [1.165, 1.54) is 34.5 Å². The highest BCUT2D eigenvalue weighted by atomic mass is 16.7. The van der Waals surface area contributed by atoms with Crippen molar-refractivity contribution in [2.75, 3.05) is 42.7 Å². The summed E-state index contributed by atoms with van der Waals surface area (Å²) in [7, 11) is 9.17. The Balaban J connectivity index is 0.000000757. The molecule has 0 aliphatic carbocycles. The summed E-state index contributed by atoms with van der Waals surface area (Å²) in [5.41, 5.74) is 1.91. The van der Waals surface area contributed by atoms with Gasteiger partial charge >= 0.3 is 0 Å². The van der Waals surface area contributed by atoms with E-state index in [2.05, 4.69) is 9.47 Å². The maximum atomic E-state index is 11.9. The Labute approximate surface area is 223 Å². The van der Waals surface area contributed by atoms with Gasteiger partial charge in [0.1, 0.15) is 12.7 Å². The van der Waals surface area contributed by atoms with Gasteiger partial charge in [-0.3, -0.25) is 4.79 Å². The lowest BCUT2D eigenvalue weighted by atomic mass is 9.95. The molecule has 0 saturated heterocycles. The van der Waals surface area contributed by atoms with Crippen LogP contribution >= 0.6 is 0 Å². The molecule has 0 radical (unpaired) electrons. The minimum absolute atomic E-state index is 0.0648. The normalized spacial score (nSPS) is 11.2. The molecule has 0 aliphatic rings. The highest BCUT2D eigenvalue weighted by molar-refractivity contribution is 5.82. The van der Waals surface area contributed by atoms with Crippen LogP contribution in [0.3, 0.4) is 0 Å². The van der Waals surface area contributed by atoms with Gasteiger partial charge in [-0.25, -0.2) is 0 Å². The SMILES string of the molecule is COC(C)OC.COc1ccc(C(O)c2c(C=O)cc(OC)c(OCc3ccccc3)c2OC)cc1OC. The van der Waals surface area contributed by atoms with Gasteiger partial charge in [-0.2, -0.15) is 0 Å². The average Bonchev–Trinajstić information content (AvgIpc) is 2.98. The van der Waals surface area contributed by atoms with E-state index in [-0.39, 0.29) is 29.8 Å². The van der Waals surface area contributed by atoms with Crippen LogP contribution in [0, 0.1) is 0 Å². The van der Waals surface area contributed by atoms with Crippen LogP contribution in [0.4, 0.5) is 0 Å². The molecule has 3 aromatic rings. The molecule has 0 fully saturated rings. The van der Waals surface area contributed by atoms with Crippen molar-refractivity contribution in [2.24, 2.45) is 0 Å². The van der Waals surface area contributed by atoms with E-state index >= 15 is 0 Å². The van der Waals surface area contributed by atoms with Crippen LogP contribution in [0.15, 0.2) is 54.6 Å². The molecule has 0 amide bonds. The molecule has 1 N–H and O–H groups in total. The van der Waals surface area contributed by atoms with E-state index in [1.54, 1.807) is 32.4 Å². The second-order valence-electron chi connectivity index (χ2n) is 7.89. The number of aldehydes is 1. The fourth-order valence-electron chi connectivity index (χ4n) is 3.54. The molecule has 38 heavy (non-hydrogen) atoms. The number of hydrogen-bond donors (Lipinski definition) is 1. The van der Waals surface area contributed by atoms with Crippen molar-refractivity contribution in [1.82, 2.24) is 0 Å². The predicted octanol–water partition coefficient (Wildman–Crippen LogP) is 4.82. The Morgan fingerprint density at radius 3 is 1.89 bits per heavy atom. The molecule has 9 heteroatoms. The second-order valence-corrected chi connectivity index (χ2v) is 7.89. The van der Waals surface area contributed by atoms with Crippen molar-refractivity contribution in [3.05, 3.63) is 76.9 Å². The van der Waals surface area contributed by atoms with Gasteiger partial charge in [-0.05, 0) is 36.2 Å². The molecule has 9 nitrogen and oxygen atoms in total. The van der Waals surface area contributed by atoms with Gasteiger partial charge in [0.15, 0.2) is 35.6 Å². The Morgan fingerprint density at radius 1 is 0.763 bits per heavy atom. The van der Waals surface area contributed by atoms with Crippen molar-refractivity contribution in [3.63, 3.8) is 0 Å². The standard InChI is InChI=1S/C25H26O7.C4H10O2/c1-28-19-11-10-17(12-20(19)29-2)23(27)22-18(14-26)13-21(30-3)24(25(22)31-4)32-15-16-8-6-5-7-9-16;1-4(5-2)6-3/h5-14,23,27H,15H2,1-4H3;4H,1-3H3. The summed E-state index contributed by atoms with van der Waals surface area (Å²) in [5, 5.41) is 11.2. The zero-order chi connectivity index (χ0) is 28.1. The Bertz CT molecular complexity index is 1140. The van der Waals surface area contributed by atoms with Gasteiger partial charge in [-0.15, -0.1) is 0 Å². The maximum Gasteiger partial charge on any atom is 0.204 e. The first kappa shape index (κ1) is 30.4. The van der Waals surface area contributed by atoms with Crippen LogP contribution in [0.2, 0.25) is 0 Å². The van der Waals surface area contributed by atoms with Crippen LogP contribution in [0.5, 0.6) is 28.7 Å². The van der Waals surface area contributed by atoms with E-state index in [1.807, 2.05) is 37.3 Å². The van der Waals surface area contributed by atoms with Crippen LogP contribution in [-0.2, 0) is 16.1 Å². The van der Waals surface area contributed by atoms with Crippen molar-refractivity contribution < 1.29 is 43.1 Å². The molecule has 0 aliphatic heterocycles. The summed E-state index contributed by atoms with van der Waals surface area (Å²) in [6.07, 6.45) is -0.620.